The third-order valence-electron chi connectivity index (χ3n) is 1.56. The summed E-state index contributed by atoms with van der Waals surface area (Å²) in [5, 5.41) is 9.02. The molecular weight excluding hydrogens is 253 g/mol. The van der Waals surface area contributed by atoms with Gasteiger partial charge < -0.3 is 0 Å². The number of nitrogens with zero attached hydrogens (tertiary/aromatic N) is 1. The van der Waals surface area contributed by atoms with E-state index in [1.165, 1.54) is 13.0 Å². The fourth-order valence-corrected chi connectivity index (χ4v) is 1.49. The average molecular weight is 259 g/mol. The van der Waals surface area contributed by atoms with Crippen molar-refractivity contribution in [1.29, 1.82) is 5.26 Å². The Hall–Kier alpha value is -0.850. The van der Waals surface area contributed by atoms with Gasteiger partial charge in [0.25, 0.3) is 0 Å². The molecule has 0 aliphatic rings. The summed E-state index contributed by atoms with van der Waals surface area (Å²) in [6, 6.07) is 5.00. The number of carbonyl (C=O) groups is 1. The first kappa shape index (κ1) is 10.2. The Kier molecular flexibility index (Phi) is 3.07. The van der Waals surface area contributed by atoms with Gasteiger partial charge in [-0.3, -0.25) is 4.79 Å². The lowest BCUT2D eigenvalue weighted by Crippen LogP contribution is -1.93. The molecule has 4 heteroatoms. The third-order valence-corrected chi connectivity index (χ3v) is 2.82. The highest BCUT2D eigenvalue weighted by molar-refractivity contribution is 9.10. The number of halogens is 2. The number of ketones is 1. The second-order valence-corrected chi connectivity index (χ2v) is 3.72. The van der Waals surface area contributed by atoms with Crippen LogP contribution in [0, 0.1) is 11.3 Å². The van der Waals surface area contributed by atoms with Crippen LogP contribution in [0.5, 0.6) is 0 Å². The number of hydrogen-bond acceptors (Lipinski definition) is 2. The number of hydrogen-bond donors (Lipinski definition) is 0. The van der Waals surface area contributed by atoms with Crippen LogP contribution in [0.2, 0.25) is 5.02 Å². The van der Waals surface area contributed by atoms with Gasteiger partial charge in [-0.2, -0.15) is 5.26 Å². The smallest absolute Gasteiger partial charge is 0.159 e. The summed E-state index contributed by atoms with van der Waals surface area (Å²) in [6.07, 6.45) is 0. The molecule has 0 atom stereocenters. The molecule has 0 unspecified atom stereocenters. The van der Waals surface area contributed by atoms with Gasteiger partial charge in [0, 0.05) is 10.0 Å². The van der Waals surface area contributed by atoms with Crippen molar-refractivity contribution in [3.05, 3.63) is 32.8 Å². The molecule has 66 valence electrons. The van der Waals surface area contributed by atoms with Crippen LogP contribution in [-0.4, -0.2) is 5.78 Å². The maximum absolute atomic E-state index is 11.0. The van der Waals surface area contributed by atoms with E-state index in [0.29, 0.717) is 20.6 Å². The van der Waals surface area contributed by atoms with E-state index in [0.717, 1.165) is 0 Å². The normalized spacial score (nSPS) is 9.38. The number of Topliss-reactive ketones (excluding diaryl/α,β-unsaturated/α-hetero) is 1. The Morgan fingerprint density at radius 3 is 2.69 bits per heavy atom. The number of rotatable bonds is 1. The molecule has 0 radical (unpaired) electrons. The van der Waals surface area contributed by atoms with E-state index in [2.05, 4.69) is 15.9 Å². The molecule has 1 rings (SSSR count). The van der Waals surface area contributed by atoms with Crippen molar-refractivity contribution in [2.45, 2.75) is 6.92 Å². The molecular formula is C9H5BrClNO. The van der Waals surface area contributed by atoms with Gasteiger partial charge in [0.15, 0.2) is 5.78 Å². The van der Waals surface area contributed by atoms with Crippen molar-refractivity contribution in [3.63, 3.8) is 0 Å². The fourth-order valence-electron chi connectivity index (χ4n) is 0.874. The lowest BCUT2D eigenvalue weighted by molar-refractivity contribution is 0.101. The van der Waals surface area contributed by atoms with E-state index in [1.54, 1.807) is 6.07 Å². The van der Waals surface area contributed by atoms with Crippen LogP contribution in [0.25, 0.3) is 0 Å². The standard InChI is InChI=1S/C9H5BrClNO/c1-5(13)6-2-7(4-12)9(11)8(10)3-6/h2-3H,1H3. The van der Waals surface area contributed by atoms with Crippen molar-refractivity contribution in [1.82, 2.24) is 0 Å². The summed E-state index contributed by atoms with van der Waals surface area (Å²) < 4.78 is 0.568. The van der Waals surface area contributed by atoms with E-state index in [9.17, 15) is 4.79 Å². The zero-order valence-corrected chi connectivity index (χ0v) is 9.11. The molecule has 1 aromatic rings. The fraction of sp³-hybridized carbons (Fsp3) is 0.111. The molecule has 0 amide bonds. The number of nitriles is 1. The predicted molar refractivity (Wildman–Crippen MR) is 53.9 cm³/mol. The van der Waals surface area contributed by atoms with Crippen molar-refractivity contribution >= 4 is 33.3 Å². The first-order valence-electron chi connectivity index (χ1n) is 3.46. The van der Waals surface area contributed by atoms with Crippen LogP contribution in [0.15, 0.2) is 16.6 Å². The zero-order valence-electron chi connectivity index (χ0n) is 6.77. The average Bonchev–Trinajstić information content (AvgIpc) is 2.09. The largest absolute Gasteiger partial charge is 0.295 e. The molecule has 2 nitrogen and oxygen atoms in total. The van der Waals surface area contributed by atoms with Crippen molar-refractivity contribution < 1.29 is 4.79 Å². The van der Waals surface area contributed by atoms with Gasteiger partial charge in [0.1, 0.15) is 6.07 Å². The Bertz CT molecular complexity index is 409. The molecule has 0 spiro atoms. The Labute approximate surface area is 89.3 Å². The van der Waals surface area contributed by atoms with Gasteiger partial charge in [0.05, 0.1) is 10.6 Å². The first-order chi connectivity index (χ1) is 6.06. The van der Waals surface area contributed by atoms with Gasteiger partial charge in [-0.05, 0) is 35.0 Å². The van der Waals surface area contributed by atoms with Crippen LogP contribution in [0.4, 0.5) is 0 Å². The SMILES string of the molecule is CC(=O)c1cc(Br)c(Cl)c(C#N)c1. The first-order valence-corrected chi connectivity index (χ1v) is 4.63. The second-order valence-electron chi connectivity index (χ2n) is 2.49. The monoisotopic (exact) mass is 257 g/mol. The summed E-state index contributed by atoms with van der Waals surface area (Å²) in [7, 11) is 0. The minimum atomic E-state index is -0.0890. The number of carbonyl (C=O) groups excluding carboxylic acids is 1. The molecule has 0 saturated heterocycles. The Morgan fingerprint density at radius 2 is 2.23 bits per heavy atom. The molecule has 0 N–H and O–H groups in total. The Balaban J connectivity index is 3.41. The van der Waals surface area contributed by atoms with Crippen molar-refractivity contribution in [2.75, 3.05) is 0 Å². The third kappa shape index (κ3) is 2.09. The van der Waals surface area contributed by atoms with Crippen LogP contribution < -0.4 is 0 Å². The molecule has 0 heterocycles. The minimum Gasteiger partial charge on any atom is -0.295 e. The molecule has 0 aromatic heterocycles. The molecule has 13 heavy (non-hydrogen) atoms. The predicted octanol–water partition coefficient (Wildman–Crippen LogP) is 3.18. The maximum atomic E-state index is 11.0. The van der Waals surface area contributed by atoms with Gasteiger partial charge >= 0.3 is 0 Å². The van der Waals surface area contributed by atoms with E-state index in [1.807, 2.05) is 6.07 Å². The highest BCUT2D eigenvalue weighted by atomic mass is 79.9. The highest BCUT2D eigenvalue weighted by Crippen LogP contribution is 2.27. The second kappa shape index (κ2) is 3.91. The molecule has 0 fully saturated rings. The molecule has 0 aliphatic heterocycles. The topological polar surface area (TPSA) is 40.9 Å². The van der Waals surface area contributed by atoms with Crippen LogP contribution in [-0.2, 0) is 0 Å². The van der Waals surface area contributed by atoms with E-state index in [-0.39, 0.29) is 5.78 Å². The van der Waals surface area contributed by atoms with Crippen molar-refractivity contribution in [2.24, 2.45) is 0 Å². The van der Waals surface area contributed by atoms with Crippen LogP contribution in [0.3, 0.4) is 0 Å². The quantitative estimate of drug-likeness (QED) is 0.726. The lowest BCUT2D eigenvalue weighted by atomic mass is 10.1. The molecule has 0 bridgehead atoms. The van der Waals surface area contributed by atoms with E-state index >= 15 is 0 Å². The molecule has 0 saturated carbocycles. The van der Waals surface area contributed by atoms with Gasteiger partial charge in [0.2, 0.25) is 0 Å². The van der Waals surface area contributed by atoms with Crippen molar-refractivity contribution in [3.8, 4) is 6.07 Å². The van der Waals surface area contributed by atoms with Gasteiger partial charge in [-0.15, -0.1) is 0 Å². The molecule has 1 aromatic carbocycles. The minimum absolute atomic E-state index is 0.0890. The van der Waals surface area contributed by atoms with Gasteiger partial charge in [-0.25, -0.2) is 0 Å². The van der Waals surface area contributed by atoms with E-state index < -0.39 is 0 Å². The summed E-state index contributed by atoms with van der Waals surface area (Å²) in [6.45, 7) is 1.44. The van der Waals surface area contributed by atoms with E-state index in [4.69, 9.17) is 16.9 Å². The highest BCUT2D eigenvalue weighted by Gasteiger charge is 2.08. The van der Waals surface area contributed by atoms with Crippen LogP contribution in [0.1, 0.15) is 22.8 Å². The zero-order chi connectivity index (χ0) is 10.0. The molecule has 0 aliphatic carbocycles. The summed E-state index contributed by atoms with van der Waals surface area (Å²) in [4.78, 5) is 11.0. The Morgan fingerprint density at radius 1 is 1.62 bits per heavy atom. The lowest BCUT2D eigenvalue weighted by Gasteiger charge is -2.01. The summed E-state index contributed by atoms with van der Waals surface area (Å²) in [5.74, 6) is -0.0890. The van der Waals surface area contributed by atoms with Gasteiger partial charge in [-0.1, -0.05) is 11.6 Å². The summed E-state index contributed by atoms with van der Waals surface area (Å²) >= 11 is 8.96. The maximum Gasteiger partial charge on any atom is 0.159 e. The summed E-state index contributed by atoms with van der Waals surface area (Å²) in [5.41, 5.74) is 0.786. The van der Waals surface area contributed by atoms with Crippen LogP contribution >= 0.6 is 27.5 Å². The number of benzene rings is 1.